The van der Waals surface area contributed by atoms with Gasteiger partial charge in [0.25, 0.3) is 5.91 Å². The van der Waals surface area contributed by atoms with E-state index in [-0.39, 0.29) is 12.5 Å². The van der Waals surface area contributed by atoms with Gasteiger partial charge in [-0.3, -0.25) is 14.7 Å². The van der Waals surface area contributed by atoms with Crippen LogP contribution in [0.1, 0.15) is 23.2 Å². The van der Waals surface area contributed by atoms with Crippen molar-refractivity contribution in [3.05, 3.63) is 30.1 Å². The minimum atomic E-state index is 0.0775. The lowest BCUT2D eigenvalue weighted by Crippen LogP contribution is -2.55. The van der Waals surface area contributed by atoms with Gasteiger partial charge in [0.05, 0.1) is 12.2 Å². The predicted octanol–water partition coefficient (Wildman–Crippen LogP) is 0.363. The van der Waals surface area contributed by atoms with Crippen LogP contribution in [0.15, 0.2) is 24.5 Å². The number of pyridine rings is 1. The van der Waals surface area contributed by atoms with Crippen molar-refractivity contribution >= 4 is 5.91 Å². The standard InChI is InChI=1S/C14H19N3O2/c18-7-6-17-12-3-4-13(17)10-16(9-12)14(19)11-2-1-5-15-8-11/h1-2,5,8,12-13,18H,3-4,6-7,9-10H2. The third kappa shape index (κ3) is 2.35. The van der Waals surface area contributed by atoms with Crippen LogP contribution in [0, 0.1) is 0 Å². The van der Waals surface area contributed by atoms with E-state index < -0.39 is 0 Å². The molecular formula is C14H19N3O2. The first-order valence-corrected chi connectivity index (χ1v) is 6.85. The highest BCUT2D eigenvalue weighted by molar-refractivity contribution is 5.94. The average molecular weight is 261 g/mol. The third-order valence-electron chi connectivity index (χ3n) is 4.19. The molecule has 5 heteroatoms. The maximum absolute atomic E-state index is 12.4. The molecule has 3 rings (SSSR count). The number of likely N-dealkylation sites (tertiary alicyclic amines) is 1. The Morgan fingerprint density at radius 2 is 2.11 bits per heavy atom. The van der Waals surface area contributed by atoms with Crippen LogP contribution in [-0.2, 0) is 0 Å². The zero-order chi connectivity index (χ0) is 13.2. The van der Waals surface area contributed by atoms with Gasteiger partial charge in [-0.1, -0.05) is 0 Å². The van der Waals surface area contributed by atoms with E-state index in [4.69, 9.17) is 5.11 Å². The maximum atomic E-state index is 12.4. The number of hydrogen-bond donors (Lipinski definition) is 1. The van der Waals surface area contributed by atoms with Crippen molar-refractivity contribution in [2.75, 3.05) is 26.2 Å². The summed E-state index contributed by atoms with van der Waals surface area (Å²) >= 11 is 0. The van der Waals surface area contributed by atoms with E-state index in [1.807, 2.05) is 11.0 Å². The number of aliphatic hydroxyl groups excluding tert-OH is 1. The van der Waals surface area contributed by atoms with Crippen molar-refractivity contribution in [1.29, 1.82) is 0 Å². The Kier molecular flexibility index (Phi) is 3.48. The van der Waals surface area contributed by atoms with Crippen LogP contribution in [0.5, 0.6) is 0 Å². The molecule has 2 bridgehead atoms. The molecular weight excluding hydrogens is 242 g/mol. The van der Waals surface area contributed by atoms with Gasteiger partial charge >= 0.3 is 0 Å². The molecule has 2 atom stereocenters. The van der Waals surface area contributed by atoms with E-state index in [2.05, 4.69) is 9.88 Å². The summed E-state index contributed by atoms with van der Waals surface area (Å²) in [7, 11) is 0. The lowest BCUT2D eigenvalue weighted by Gasteiger charge is -2.40. The number of hydrogen-bond acceptors (Lipinski definition) is 4. The number of rotatable bonds is 3. The zero-order valence-corrected chi connectivity index (χ0v) is 10.9. The highest BCUT2D eigenvalue weighted by Crippen LogP contribution is 2.30. The van der Waals surface area contributed by atoms with Gasteiger partial charge in [-0.15, -0.1) is 0 Å². The molecule has 0 spiro atoms. The fraction of sp³-hybridized carbons (Fsp3) is 0.571. The molecule has 1 aromatic rings. The lowest BCUT2D eigenvalue weighted by atomic mass is 10.1. The molecule has 5 nitrogen and oxygen atoms in total. The average Bonchev–Trinajstić information content (AvgIpc) is 2.70. The van der Waals surface area contributed by atoms with Gasteiger partial charge < -0.3 is 10.0 Å². The topological polar surface area (TPSA) is 56.7 Å². The van der Waals surface area contributed by atoms with Gasteiger partial charge in [0.15, 0.2) is 0 Å². The van der Waals surface area contributed by atoms with E-state index in [1.165, 1.54) is 0 Å². The van der Waals surface area contributed by atoms with Crippen LogP contribution in [0.2, 0.25) is 0 Å². The van der Waals surface area contributed by atoms with Gasteiger partial charge in [-0.25, -0.2) is 0 Å². The number of fused-ring (bicyclic) bond motifs is 2. The summed E-state index contributed by atoms with van der Waals surface area (Å²) in [6.07, 6.45) is 5.56. The molecule has 0 aliphatic carbocycles. The largest absolute Gasteiger partial charge is 0.395 e. The summed E-state index contributed by atoms with van der Waals surface area (Å²) in [6.45, 7) is 2.46. The number of piperazine rings is 1. The van der Waals surface area contributed by atoms with Crippen LogP contribution < -0.4 is 0 Å². The first kappa shape index (κ1) is 12.6. The quantitative estimate of drug-likeness (QED) is 0.853. The molecule has 0 aromatic carbocycles. The molecule has 2 fully saturated rings. The van der Waals surface area contributed by atoms with E-state index in [0.29, 0.717) is 17.6 Å². The van der Waals surface area contributed by atoms with Crippen LogP contribution in [0.4, 0.5) is 0 Å². The smallest absolute Gasteiger partial charge is 0.255 e. The van der Waals surface area contributed by atoms with E-state index in [0.717, 1.165) is 32.5 Å². The molecule has 2 aliphatic heterocycles. The second-order valence-electron chi connectivity index (χ2n) is 5.30. The third-order valence-corrected chi connectivity index (χ3v) is 4.19. The maximum Gasteiger partial charge on any atom is 0.255 e. The molecule has 3 heterocycles. The Labute approximate surface area is 112 Å². The monoisotopic (exact) mass is 261 g/mol. The molecule has 0 saturated carbocycles. The number of nitrogens with zero attached hydrogens (tertiary/aromatic N) is 3. The SMILES string of the molecule is O=C(c1cccnc1)N1CC2CCC(C1)N2CCO. The second-order valence-corrected chi connectivity index (χ2v) is 5.30. The molecule has 19 heavy (non-hydrogen) atoms. The van der Waals surface area contributed by atoms with Crippen molar-refractivity contribution < 1.29 is 9.90 Å². The Morgan fingerprint density at radius 3 is 2.68 bits per heavy atom. The van der Waals surface area contributed by atoms with Crippen molar-refractivity contribution in [3.63, 3.8) is 0 Å². The fourth-order valence-corrected chi connectivity index (χ4v) is 3.31. The first-order valence-electron chi connectivity index (χ1n) is 6.85. The summed E-state index contributed by atoms with van der Waals surface area (Å²) in [5.41, 5.74) is 0.664. The number of aromatic nitrogens is 1. The summed E-state index contributed by atoms with van der Waals surface area (Å²) in [6, 6.07) is 4.43. The van der Waals surface area contributed by atoms with Gasteiger partial charge in [-0.05, 0) is 25.0 Å². The number of amides is 1. The van der Waals surface area contributed by atoms with E-state index >= 15 is 0 Å². The molecule has 2 unspecified atom stereocenters. The number of carbonyl (C=O) groups excluding carboxylic acids is 1. The second kappa shape index (κ2) is 5.27. The Morgan fingerprint density at radius 1 is 1.37 bits per heavy atom. The molecule has 1 amide bonds. The van der Waals surface area contributed by atoms with Crippen molar-refractivity contribution in [2.24, 2.45) is 0 Å². The summed E-state index contributed by atoms with van der Waals surface area (Å²) in [4.78, 5) is 20.7. The van der Waals surface area contributed by atoms with Crippen LogP contribution in [0.3, 0.4) is 0 Å². The van der Waals surface area contributed by atoms with Crippen LogP contribution >= 0.6 is 0 Å². The van der Waals surface area contributed by atoms with Gasteiger partial charge in [0.2, 0.25) is 0 Å². The van der Waals surface area contributed by atoms with E-state index in [9.17, 15) is 4.79 Å². The zero-order valence-electron chi connectivity index (χ0n) is 10.9. The van der Waals surface area contributed by atoms with Gasteiger partial charge in [0.1, 0.15) is 0 Å². The van der Waals surface area contributed by atoms with Gasteiger partial charge in [-0.2, -0.15) is 0 Å². The summed E-state index contributed by atoms with van der Waals surface area (Å²) in [5, 5.41) is 9.10. The molecule has 2 saturated heterocycles. The fourth-order valence-electron chi connectivity index (χ4n) is 3.31. The van der Waals surface area contributed by atoms with Gasteiger partial charge in [0, 0.05) is 44.1 Å². The molecule has 2 aliphatic rings. The first-order chi connectivity index (χ1) is 9.29. The summed E-state index contributed by atoms with van der Waals surface area (Å²) in [5.74, 6) is 0.0775. The minimum Gasteiger partial charge on any atom is -0.395 e. The van der Waals surface area contributed by atoms with Crippen molar-refractivity contribution in [1.82, 2.24) is 14.8 Å². The highest BCUT2D eigenvalue weighted by Gasteiger charge is 2.40. The van der Waals surface area contributed by atoms with Crippen molar-refractivity contribution in [3.8, 4) is 0 Å². The van der Waals surface area contributed by atoms with E-state index in [1.54, 1.807) is 18.5 Å². The van der Waals surface area contributed by atoms with Crippen LogP contribution in [-0.4, -0.2) is 64.1 Å². The number of carbonyl (C=O) groups is 1. The Balaban J connectivity index is 1.71. The van der Waals surface area contributed by atoms with Crippen LogP contribution in [0.25, 0.3) is 0 Å². The highest BCUT2D eigenvalue weighted by atomic mass is 16.3. The molecule has 0 radical (unpaired) electrons. The minimum absolute atomic E-state index is 0.0775. The molecule has 1 N–H and O–H groups in total. The normalized spacial score (nSPS) is 26.7. The number of aliphatic hydroxyl groups is 1. The van der Waals surface area contributed by atoms with Crippen molar-refractivity contribution in [2.45, 2.75) is 24.9 Å². The Hall–Kier alpha value is -1.46. The summed E-state index contributed by atoms with van der Waals surface area (Å²) < 4.78 is 0. The Bertz CT molecular complexity index is 437. The predicted molar refractivity (Wildman–Crippen MR) is 70.7 cm³/mol. The molecule has 102 valence electrons. The molecule has 1 aromatic heterocycles. The lowest BCUT2D eigenvalue weighted by molar-refractivity contribution is 0.0394.